The molecule has 144 valence electrons. The Morgan fingerprint density at radius 2 is 2.07 bits per heavy atom. The zero-order valence-electron chi connectivity index (χ0n) is 15.1. The molecule has 0 saturated heterocycles. The molecule has 2 aromatic carbocycles. The van der Waals surface area contributed by atoms with Gasteiger partial charge in [-0.2, -0.15) is 0 Å². The quantitative estimate of drug-likeness (QED) is 0.729. The molecule has 4 rings (SSSR count). The number of carbonyl (C=O) groups excluding carboxylic acids is 1. The van der Waals surface area contributed by atoms with Gasteiger partial charge < -0.3 is 19.4 Å². The number of aromatic nitrogens is 2. The van der Waals surface area contributed by atoms with Crippen molar-refractivity contribution in [2.24, 2.45) is 0 Å². The number of likely N-dealkylation sites (N-methyl/N-ethyl adjacent to an activating group) is 1. The van der Waals surface area contributed by atoms with E-state index in [0.29, 0.717) is 39.8 Å². The number of halogens is 1. The van der Waals surface area contributed by atoms with Crippen molar-refractivity contribution in [2.45, 2.75) is 19.6 Å². The highest BCUT2D eigenvalue weighted by molar-refractivity contribution is 6.31. The van der Waals surface area contributed by atoms with E-state index >= 15 is 0 Å². The Kier molecular flexibility index (Phi) is 4.92. The first kappa shape index (κ1) is 18.3. The molecule has 0 spiro atoms. The summed E-state index contributed by atoms with van der Waals surface area (Å²) in [7, 11) is 0. The van der Waals surface area contributed by atoms with E-state index in [-0.39, 0.29) is 24.6 Å². The average Bonchev–Trinajstić information content (AvgIpc) is 2.70. The third kappa shape index (κ3) is 3.53. The van der Waals surface area contributed by atoms with Gasteiger partial charge in [-0.1, -0.05) is 23.7 Å². The minimum Gasteiger partial charge on any atom is -0.485 e. The molecule has 8 heteroatoms. The topological polar surface area (TPSA) is 84.5 Å². The normalized spacial score (nSPS) is 15.4. The SMILES string of the molecule is CCN(Cc1nc2cc(Cl)ccc2c(=O)[nH]1)C(=O)C1COc2ccccc2O1. The summed E-state index contributed by atoms with van der Waals surface area (Å²) < 4.78 is 11.4. The minimum atomic E-state index is -0.753. The number of benzene rings is 2. The summed E-state index contributed by atoms with van der Waals surface area (Å²) >= 11 is 6.00. The van der Waals surface area contributed by atoms with Crippen molar-refractivity contribution in [3.05, 3.63) is 63.7 Å². The van der Waals surface area contributed by atoms with E-state index in [0.717, 1.165) is 0 Å². The smallest absolute Gasteiger partial charge is 0.267 e. The Balaban J connectivity index is 1.56. The average molecular weight is 400 g/mol. The Labute approximate surface area is 165 Å². The van der Waals surface area contributed by atoms with E-state index in [9.17, 15) is 9.59 Å². The standard InChI is InChI=1S/C20H18ClN3O4/c1-2-24(20(26)17-11-27-15-5-3-4-6-16(15)28-17)10-18-22-14-9-12(21)7-8-13(14)19(25)23-18/h3-9,17H,2,10-11H2,1H3,(H,22,23,25). The maximum Gasteiger partial charge on any atom is 0.267 e. The van der Waals surface area contributed by atoms with Gasteiger partial charge in [0.1, 0.15) is 12.4 Å². The van der Waals surface area contributed by atoms with Crippen molar-refractivity contribution < 1.29 is 14.3 Å². The maximum atomic E-state index is 12.9. The first-order valence-corrected chi connectivity index (χ1v) is 9.28. The van der Waals surface area contributed by atoms with Crippen LogP contribution in [0.2, 0.25) is 5.02 Å². The van der Waals surface area contributed by atoms with Gasteiger partial charge in [0, 0.05) is 11.6 Å². The van der Waals surface area contributed by atoms with Crippen LogP contribution in [-0.2, 0) is 11.3 Å². The number of para-hydroxylation sites is 2. The Morgan fingerprint density at radius 3 is 2.86 bits per heavy atom. The number of ether oxygens (including phenoxy) is 2. The molecule has 1 aromatic heterocycles. The van der Waals surface area contributed by atoms with E-state index in [1.807, 2.05) is 19.1 Å². The van der Waals surface area contributed by atoms with Crippen LogP contribution in [0.25, 0.3) is 10.9 Å². The van der Waals surface area contributed by atoms with Gasteiger partial charge in [0.05, 0.1) is 17.4 Å². The lowest BCUT2D eigenvalue weighted by molar-refractivity contribution is -0.141. The monoisotopic (exact) mass is 399 g/mol. The highest BCUT2D eigenvalue weighted by atomic mass is 35.5. The second-order valence-electron chi connectivity index (χ2n) is 6.39. The lowest BCUT2D eigenvalue weighted by atomic mass is 10.2. The zero-order chi connectivity index (χ0) is 19.7. The molecule has 0 fully saturated rings. The van der Waals surface area contributed by atoms with Gasteiger partial charge in [-0.3, -0.25) is 9.59 Å². The van der Waals surface area contributed by atoms with Gasteiger partial charge >= 0.3 is 0 Å². The summed E-state index contributed by atoms with van der Waals surface area (Å²) in [5.74, 6) is 1.31. The minimum absolute atomic E-state index is 0.129. The van der Waals surface area contributed by atoms with Gasteiger partial charge in [-0.15, -0.1) is 0 Å². The van der Waals surface area contributed by atoms with Gasteiger partial charge in [-0.25, -0.2) is 4.98 Å². The van der Waals surface area contributed by atoms with E-state index in [1.54, 1.807) is 35.2 Å². The largest absolute Gasteiger partial charge is 0.485 e. The fourth-order valence-corrected chi connectivity index (χ4v) is 3.27. The first-order chi connectivity index (χ1) is 13.5. The fraction of sp³-hybridized carbons (Fsp3) is 0.250. The number of hydrogen-bond acceptors (Lipinski definition) is 5. The first-order valence-electron chi connectivity index (χ1n) is 8.91. The van der Waals surface area contributed by atoms with Crippen molar-refractivity contribution >= 4 is 28.4 Å². The Morgan fingerprint density at radius 1 is 1.29 bits per heavy atom. The fourth-order valence-electron chi connectivity index (χ4n) is 3.11. The maximum absolute atomic E-state index is 12.9. The Hall–Kier alpha value is -3.06. The van der Waals surface area contributed by atoms with Crippen LogP contribution >= 0.6 is 11.6 Å². The van der Waals surface area contributed by atoms with Crippen LogP contribution in [0, 0.1) is 0 Å². The van der Waals surface area contributed by atoms with Crippen LogP contribution in [-0.4, -0.2) is 40.0 Å². The lowest BCUT2D eigenvalue weighted by Crippen LogP contribution is -2.46. The number of nitrogens with zero attached hydrogens (tertiary/aromatic N) is 2. The molecule has 0 aliphatic carbocycles. The summed E-state index contributed by atoms with van der Waals surface area (Å²) in [6.07, 6.45) is -0.753. The van der Waals surface area contributed by atoms with Crippen LogP contribution in [0.4, 0.5) is 0 Å². The van der Waals surface area contributed by atoms with E-state index in [4.69, 9.17) is 21.1 Å². The molecular formula is C20H18ClN3O4. The summed E-state index contributed by atoms with van der Waals surface area (Å²) in [6, 6.07) is 12.1. The van der Waals surface area contributed by atoms with Crippen LogP contribution in [0.5, 0.6) is 11.5 Å². The molecule has 0 saturated carbocycles. The second kappa shape index (κ2) is 7.52. The molecule has 28 heavy (non-hydrogen) atoms. The highest BCUT2D eigenvalue weighted by Crippen LogP contribution is 2.31. The van der Waals surface area contributed by atoms with Gasteiger partial charge in [0.15, 0.2) is 11.5 Å². The molecule has 0 radical (unpaired) electrons. The number of carbonyl (C=O) groups is 1. The van der Waals surface area contributed by atoms with Gasteiger partial charge in [-0.05, 0) is 37.3 Å². The zero-order valence-corrected chi connectivity index (χ0v) is 15.9. The molecule has 1 atom stereocenters. The number of H-pyrrole nitrogens is 1. The summed E-state index contributed by atoms with van der Waals surface area (Å²) in [5, 5.41) is 0.939. The molecular weight excluding hydrogens is 382 g/mol. The third-order valence-corrected chi connectivity index (χ3v) is 4.77. The highest BCUT2D eigenvalue weighted by Gasteiger charge is 2.30. The predicted octanol–water partition coefficient (Wildman–Crippen LogP) is 2.77. The summed E-state index contributed by atoms with van der Waals surface area (Å²) in [4.78, 5) is 34.0. The van der Waals surface area contributed by atoms with Crippen LogP contribution in [0.1, 0.15) is 12.7 Å². The van der Waals surface area contributed by atoms with Crippen LogP contribution in [0.3, 0.4) is 0 Å². The second-order valence-corrected chi connectivity index (χ2v) is 6.83. The van der Waals surface area contributed by atoms with Crippen LogP contribution < -0.4 is 15.0 Å². The lowest BCUT2D eigenvalue weighted by Gasteiger charge is -2.30. The van der Waals surface area contributed by atoms with Crippen molar-refractivity contribution in [2.75, 3.05) is 13.2 Å². The van der Waals surface area contributed by atoms with E-state index in [2.05, 4.69) is 9.97 Å². The van der Waals surface area contributed by atoms with Crippen molar-refractivity contribution in [3.8, 4) is 11.5 Å². The van der Waals surface area contributed by atoms with Crippen molar-refractivity contribution in [1.29, 1.82) is 0 Å². The number of amides is 1. The number of nitrogens with one attached hydrogen (secondary N) is 1. The molecule has 1 aliphatic heterocycles. The third-order valence-electron chi connectivity index (χ3n) is 4.54. The molecule has 1 aliphatic rings. The number of rotatable bonds is 4. The van der Waals surface area contributed by atoms with E-state index < -0.39 is 6.10 Å². The molecule has 1 N–H and O–H groups in total. The van der Waals surface area contributed by atoms with Crippen molar-refractivity contribution in [3.63, 3.8) is 0 Å². The van der Waals surface area contributed by atoms with Crippen LogP contribution in [0.15, 0.2) is 47.3 Å². The van der Waals surface area contributed by atoms with Crippen molar-refractivity contribution in [1.82, 2.24) is 14.9 Å². The van der Waals surface area contributed by atoms with E-state index in [1.165, 1.54) is 0 Å². The van der Waals surface area contributed by atoms with Gasteiger partial charge in [0.25, 0.3) is 11.5 Å². The summed E-state index contributed by atoms with van der Waals surface area (Å²) in [5.41, 5.74) is 0.215. The van der Waals surface area contributed by atoms with Gasteiger partial charge in [0.2, 0.25) is 6.10 Å². The predicted molar refractivity (Wildman–Crippen MR) is 105 cm³/mol. The summed E-state index contributed by atoms with van der Waals surface area (Å²) in [6.45, 7) is 2.56. The molecule has 7 nitrogen and oxygen atoms in total. The molecule has 1 unspecified atom stereocenters. The number of hydrogen-bond donors (Lipinski definition) is 1. The molecule has 2 heterocycles. The molecule has 0 bridgehead atoms. The molecule has 1 amide bonds. The molecule has 3 aromatic rings. The number of aromatic amines is 1. The number of fused-ring (bicyclic) bond motifs is 2. The Bertz CT molecular complexity index is 1100.